The number of amides is 1. The van der Waals surface area contributed by atoms with Crippen molar-refractivity contribution in [1.82, 2.24) is 5.32 Å². The number of aliphatic hydroxyl groups is 5. The van der Waals surface area contributed by atoms with Crippen molar-refractivity contribution in [3.63, 3.8) is 0 Å². The average Bonchev–Trinajstić information content (AvgIpc) is 3.43. The Morgan fingerprint density at radius 3 is 1.36 bits per heavy atom. The zero-order valence-electron chi connectivity index (χ0n) is 48.8. The van der Waals surface area contributed by atoms with Crippen molar-refractivity contribution >= 4 is 11.9 Å². The van der Waals surface area contributed by atoms with Crippen LogP contribution in [0.5, 0.6) is 0 Å². The summed E-state index contributed by atoms with van der Waals surface area (Å²) in [4.78, 5) is 26.5. The highest BCUT2D eigenvalue weighted by Gasteiger charge is 2.47. The highest BCUT2D eigenvalue weighted by atomic mass is 16.7. The van der Waals surface area contributed by atoms with E-state index in [1.807, 2.05) is 18.2 Å². The van der Waals surface area contributed by atoms with Crippen LogP contribution in [0, 0.1) is 0 Å². The summed E-state index contributed by atoms with van der Waals surface area (Å²) in [5, 5.41) is 57.0. The maximum atomic E-state index is 13.4. The largest absolute Gasteiger partial charge is 0.454 e. The number of carbonyl (C=O) groups excluding carboxylic acids is 2. The molecule has 1 rings (SSSR count). The van der Waals surface area contributed by atoms with Gasteiger partial charge in [-0.3, -0.25) is 9.59 Å². The van der Waals surface area contributed by atoms with E-state index in [9.17, 15) is 35.1 Å². The van der Waals surface area contributed by atoms with Crippen LogP contribution in [-0.2, 0) is 23.8 Å². The van der Waals surface area contributed by atoms with Crippen LogP contribution in [0.3, 0.4) is 0 Å². The van der Waals surface area contributed by atoms with Crippen molar-refractivity contribution in [2.45, 2.75) is 294 Å². The molecule has 0 bridgehead atoms. The second kappa shape index (κ2) is 53.2. The fourth-order valence-electron chi connectivity index (χ4n) is 9.00. The van der Waals surface area contributed by atoms with Crippen molar-refractivity contribution in [1.29, 1.82) is 0 Å². The Bertz CT molecular complexity index is 1620. The molecular formula is C66H113NO10. The lowest BCUT2D eigenvalue weighted by Gasteiger charge is -2.41. The first-order valence-corrected chi connectivity index (χ1v) is 31.0. The number of rotatable bonds is 51. The minimum atomic E-state index is -1.64. The molecule has 0 aliphatic carbocycles. The fourth-order valence-corrected chi connectivity index (χ4v) is 9.00. The topological polar surface area (TPSA) is 175 Å². The molecule has 0 aromatic carbocycles. The number of unbranched alkanes of at least 4 members (excludes halogenated alkanes) is 23. The Balaban J connectivity index is 2.75. The SMILES string of the molecule is CCCCC/C=C\C/C=C\C/C=C\C/C=C\CCCC(=O)OC1C(OCC(NC(=O)C(O)CCCCCCC/C=C\C/C=C\C/C=C\CCCCC)C(O)/C=C/CCCCCCCCCCCCC)OC(CO)C(O)C1O. The number of ether oxygens (including phenoxy) is 3. The lowest BCUT2D eigenvalue weighted by atomic mass is 9.99. The van der Waals surface area contributed by atoms with E-state index in [1.54, 1.807) is 6.08 Å². The van der Waals surface area contributed by atoms with Crippen LogP contribution in [0.25, 0.3) is 0 Å². The molecule has 0 radical (unpaired) electrons. The predicted octanol–water partition coefficient (Wildman–Crippen LogP) is 14.7. The van der Waals surface area contributed by atoms with Crippen LogP contribution in [0.2, 0.25) is 0 Å². The van der Waals surface area contributed by atoms with Crippen LogP contribution in [0.15, 0.2) is 97.2 Å². The van der Waals surface area contributed by atoms with Gasteiger partial charge in [0.25, 0.3) is 0 Å². The molecule has 1 saturated heterocycles. The van der Waals surface area contributed by atoms with Gasteiger partial charge in [-0.15, -0.1) is 0 Å². The maximum Gasteiger partial charge on any atom is 0.306 e. The van der Waals surface area contributed by atoms with Crippen LogP contribution >= 0.6 is 0 Å². The van der Waals surface area contributed by atoms with E-state index in [1.165, 1.54) is 96.3 Å². The molecule has 0 saturated carbocycles. The van der Waals surface area contributed by atoms with Gasteiger partial charge in [-0.2, -0.15) is 0 Å². The highest BCUT2D eigenvalue weighted by Crippen LogP contribution is 2.26. The van der Waals surface area contributed by atoms with Gasteiger partial charge in [-0.1, -0.05) is 234 Å². The van der Waals surface area contributed by atoms with Gasteiger partial charge in [0.2, 0.25) is 5.91 Å². The Labute approximate surface area is 469 Å². The number of aliphatic hydroxyl groups excluding tert-OH is 5. The lowest BCUT2D eigenvalue weighted by Crippen LogP contribution is -2.61. The summed E-state index contributed by atoms with van der Waals surface area (Å²) >= 11 is 0. The van der Waals surface area contributed by atoms with E-state index >= 15 is 0 Å². The van der Waals surface area contributed by atoms with Gasteiger partial charge in [0.1, 0.15) is 24.4 Å². The minimum Gasteiger partial charge on any atom is -0.454 e. The molecule has 0 aromatic heterocycles. The average molecular weight is 1080 g/mol. The maximum absolute atomic E-state index is 13.4. The van der Waals surface area contributed by atoms with Crippen LogP contribution < -0.4 is 5.32 Å². The highest BCUT2D eigenvalue weighted by molar-refractivity contribution is 5.80. The normalized spacial score (nSPS) is 19.7. The molecule has 11 nitrogen and oxygen atoms in total. The van der Waals surface area contributed by atoms with Crippen molar-refractivity contribution in [3.8, 4) is 0 Å². The van der Waals surface area contributed by atoms with Crippen LogP contribution in [0.1, 0.15) is 245 Å². The molecule has 0 aromatic rings. The first-order chi connectivity index (χ1) is 37.7. The van der Waals surface area contributed by atoms with E-state index in [0.29, 0.717) is 19.3 Å². The molecule has 77 heavy (non-hydrogen) atoms. The minimum absolute atomic E-state index is 0.0416. The zero-order valence-corrected chi connectivity index (χ0v) is 48.8. The summed E-state index contributed by atoms with van der Waals surface area (Å²) in [6, 6.07) is -1.05. The number of carbonyl (C=O) groups is 2. The zero-order chi connectivity index (χ0) is 56.1. The van der Waals surface area contributed by atoms with Gasteiger partial charge < -0.3 is 45.1 Å². The Morgan fingerprint density at radius 2 is 0.896 bits per heavy atom. The third-order valence-corrected chi connectivity index (χ3v) is 14.0. The van der Waals surface area contributed by atoms with Gasteiger partial charge in [0.05, 0.1) is 25.4 Å². The Morgan fingerprint density at radius 1 is 0.506 bits per heavy atom. The fraction of sp³-hybridized carbons (Fsp3) is 0.727. The third kappa shape index (κ3) is 41.3. The molecule has 11 heteroatoms. The van der Waals surface area contributed by atoms with E-state index < -0.39 is 67.4 Å². The van der Waals surface area contributed by atoms with E-state index in [0.717, 1.165) is 96.3 Å². The van der Waals surface area contributed by atoms with Crippen LogP contribution in [-0.4, -0.2) is 99.6 Å². The van der Waals surface area contributed by atoms with Crippen molar-refractivity contribution < 1.29 is 49.3 Å². The molecule has 0 spiro atoms. The summed E-state index contributed by atoms with van der Waals surface area (Å²) in [6.45, 7) is 5.69. The summed E-state index contributed by atoms with van der Waals surface area (Å²) < 4.78 is 17.6. The molecule has 1 aliphatic heterocycles. The number of hydrogen-bond donors (Lipinski definition) is 6. The molecule has 6 N–H and O–H groups in total. The van der Waals surface area contributed by atoms with E-state index in [-0.39, 0.29) is 19.4 Å². The quantitative estimate of drug-likeness (QED) is 0.0195. The number of hydrogen-bond acceptors (Lipinski definition) is 10. The van der Waals surface area contributed by atoms with E-state index in [2.05, 4.69) is 99.0 Å². The molecule has 442 valence electrons. The van der Waals surface area contributed by atoms with Gasteiger partial charge in [0.15, 0.2) is 12.4 Å². The summed E-state index contributed by atoms with van der Waals surface area (Å²) in [6.07, 6.45) is 60.1. The first-order valence-electron chi connectivity index (χ1n) is 31.0. The molecule has 8 atom stereocenters. The second-order valence-electron chi connectivity index (χ2n) is 21.1. The Hall–Kier alpha value is -3.42. The smallest absolute Gasteiger partial charge is 0.306 e. The number of allylic oxidation sites excluding steroid dienone is 15. The standard InChI is InChI=1S/C66H113NO10/c1-4-7-10-13-16-19-22-25-27-29-31-32-35-38-41-44-47-50-53-59(70)65(74)67-57(58(69)52-49-46-43-40-37-34-24-21-18-15-12-9-6-3)56-75-66-64(63(73)62(72)60(55-68)76-66)77-61(71)54-51-48-45-42-39-36-33-30-28-26-23-20-17-14-11-8-5-2/h16-17,19-20,25-28,31-33,36,42,45,49,52,57-60,62-64,66,68-70,72-73H,4-15,18,21-24,29-30,34-35,37-41,43-44,46-48,50-51,53-56H2,1-3H3,(H,67,74)/b19-16-,20-17-,27-25-,28-26-,32-31-,36-33-,45-42-,52-49+. The molecular weight excluding hydrogens is 967 g/mol. The van der Waals surface area contributed by atoms with Gasteiger partial charge >= 0.3 is 5.97 Å². The number of nitrogens with one attached hydrogen (secondary N) is 1. The summed E-state index contributed by atoms with van der Waals surface area (Å²) in [5.74, 6) is -1.27. The second-order valence-corrected chi connectivity index (χ2v) is 21.1. The summed E-state index contributed by atoms with van der Waals surface area (Å²) in [7, 11) is 0. The van der Waals surface area contributed by atoms with Gasteiger partial charge in [-0.25, -0.2) is 0 Å². The van der Waals surface area contributed by atoms with Gasteiger partial charge in [0, 0.05) is 6.42 Å². The van der Waals surface area contributed by atoms with Crippen molar-refractivity contribution in [2.75, 3.05) is 13.2 Å². The molecule has 1 fully saturated rings. The predicted molar refractivity (Wildman–Crippen MR) is 319 cm³/mol. The monoisotopic (exact) mass is 1080 g/mol. The third-order valence-electron chi connectivity index (χ3n) is 14.0. The van der Waals surface area contributed by atoms with E-state index in [4.69, 9.17) is 14.2 Å². The molecule has 1 heterocycles. The van der Waals surface area contributed by atoms with Crippen molar-refractivity contribution in [2.24, 2.45) is 0 Å². The molecule has 8 unspecified atom stereocenters. The lowest BCUT2D eigenvalue weighted by molar-refractivity contribution is -0.305. The van der Waals surface area contributed by atoms with Crippen molar-refractivity contribution in [3.05, 3.63) is 97.2 Å². The molecule has 1 aliphatic rings. The van der Waals surface area contributed by atoms with Gasteiger partial charge in [-0.05, 0) is 103 Å². The number of esters is 1. The van der Waals surface area contributed by atoms with Crippen LogP contribution in [0.4, 0.5) is 0 Å². The summed E-state index contributed by atoms with van der Waals surface area (Å²) in [5.41, 5.74) is 0. The first kappa shape index (κ1) is 71.6. The Kier molecular flexibility index (Phi) is 49.5. The molecule has 1 amide bonds.